The molecule has 0 aromatic heterocycles. The van der Waals surface area contributed by atoms with E-state index in [1.807, 2.05) is 63.2 Å². The lowest BCUT2D eigenvalue weighted by Crippen LogP contribution is -2.13. The third-order valence-electron chi connectivity index (χ3n) is 2.64. The number of ether oxygens (including phenoxy) is 1. The minimum Gasteiger partial charge on any atom is -0.488 e. The number of hydrogen-bond acceptors (Lipinski definition) is 2. The van der Waals surface area contributed by atoms with Crippen LogP contribution in [0, 0.1) is 6.92 Å². The number of carbonyl (C=O) groups excluding carboxylic acids is 1. The van der Waals surface area contributed by atoms with Crippen LogP contribution in [0.5, 0.6) is 5.75 Å². The van der Waals surface area contributed by atoms with Crippen LogP contribution in [0.3, 0.4) is 0 Å². The Morgan fingerprint density at radius 1 is 1.04 bits per heavy atom. The third-order valence-corrected chi connectivity index (χ3v) is 2.64. The van der Waals surface area contributed by atoms with Crippen LogP contribution in [0.4, 0.5) is 0 Å². The first-order chi connectivity index (χ1) is 11.1. The predicted molar refractivity (Wildman–Crippen MR) is 97.8 cm³/mol. The van der Waals surface area contributed by atoms with Crippen LogP contribution < -0.4 is 10.5 Å². The second-order valence-electron chi connectivity index (χ2n) is 4.85. The summed E-state index contributed by atoms with van der Waals surface area (Å²) < 4.78 is 5.66. The van der Waals surface area contributed by atoms with Crippen molar-refractivity contribution in [3.63, 3.8) is 0 Å². The minimum atomic E-state index is -0.474. The summed E-state index contributed by atoms with van der Waals surface area (Å²) >= 11 is 0. The Hall–Kier alpha value is -2.29. The van der Waals surface area contributed by atoms with Crippen molar-refractivity contribution >= 4 is 5.91 Å². The highest BCUT2D eigenvalue weighted by Crippen LogP contribution is 2.21. The SMILES string of the molecule is CC.CCC.Cc1ccc(C(N)=O)c(OCc2ccccc2)c1. The van der Waals surface area contributed by atoms with Gasteiger partial charge in [-0.25, -0.2) is 0 Å². The maximum Gasteiger partial charge on any atom is 0.252 e. The normalized spacial score (nSPS) is 8.91. The smallest absolute Gasteiger partial charge is 0.252 e. The third kappa shape index (κ3) is 8.05. The molecule has 0 aliphatic heterocycles. The topological polar surface area (TPSA) is 52.3 Å². The van der Waals surface area contributed by atoms with Gasteiger partial charge in [0.15, 0.2) is 0 Å². The molecule has 0 heterocycles. The zero-order valence-electron chi connectivity index (χ0n) is 14.9. The summed E-state index contributed by atoms with van der Waals surface area (Å²) in [4.78, 5) is 11.3. The van der Waals surface area contributed by atoms with Crippen LogP contribution in [-0.2, 0) is 6.61 Å². The molecule has 3 nitrogen and oxygen atoms in total. The highest BCUT2D eigenvalue weighted by molar-refractivity contribution is 5.95. The number of primary amides is 1. The lowest BCUT2D eigenvalue weighted by Gasteiger charge is -2.10. The average Bonchev–Trinajstić information content (AvgIpc) is 2.56. The fourth-order valence-electron chi connectivity index (χ4n) is 1.69. The van der Waals surface area contributed by atoms with Crippen LogP contribution >= 0.6 is 0 Å². The molecular formula is C20H29NO2. The van der Waals surface area contributed by atoms with E-state index in [-0.39, 0.29) is 0 Å². The van der Waals surface area contributed by atoms with Crippen molar-refractivity contribution in [2.45, 2.75) is 47.6 Å². The monoisotopic (exact) mass is 315 g/mol. The van der Waals surface area contributed by atoms with Crippen molar-refractivity contribution in [2.24, 2.45) is 5.73 Å². The maximum atomic E-state index is 11.3. The molecule has 23 heavy (non-hydrogen) atoms. The fraction of sp³-hybridized carbons (Fsp3) is 0.350. The Morgan fingerprint density at radius 3 is 2.13 bits per heavy atom. The molecule has 3 heteroatoms. The summed E-state index contributed by atoms with van der Waals surface area (Å²) in [6.45, 7) is 10.6. The molecular weight excluding hydrogens is 286 g/mol. The molecule has 2 rings (SSSR count). The highest BCUT2D eigenvalue weighted by atomic mass is 16.5. The van der Waals surface area contributed by atoms with E-state index in [1.54, 1.807) is 6.07 Å². The van der Waals surface area contributed by atoms with Crippen LogP contribution in [0.25, 0.3) is 0 Å². The number of amides is 1. The van der Waals surface area contributed by atoms with Gasteiger partial charge in [-0.1, -0.05) is 70.5 Å². The van der Waals surface area contributed by atoms with E-state index in [2.05, 4.69) is 13.8 Å². The Kier molecular flexibility index (Phi) is 11.1. The quantitative estimate of drug-likeness (QED) is 0.851. The first-order valence-electron chi connectivity index (χ1n) is 8.15. The largest absolute Gasteiger partial charge is 0.488 e. The van der Waals surface area contributed by atoms with E-state index in [0.29, 0.717) is 17.9 Å². The second-order valence-corrected chi connectivity index (χ2v) is 4.85. The van der Waals surface area contributed by atoms with Crippen LogP contribution in [0.15, 0.2) is 48.5 Å². The zero-order valence-corrected chi connectivity index (χ0v) is 14.9. The van der Waals surface area contributed by atoms with Gasteiger partial charge in [-0.2, -0.15) is 0 Å². The van der Waals surface area contributed by atoms with Crippen molar-refractivity contribution in [3.8, 4) is 5.75 Å². The van der Waals surface area contributed by atoms with Gasteiger partial charge in [-0.05, 0) is 30.2 Å². The molecule has 0 aliphatic carbocycles. The van der Waals surface area contributed by atoms with E-state index in [4.69, 9.17) is 10.5 Å². The van der Waals surface area contributed by atoms with Gasteiger partial charge in [0.25, 0.3) is 5.91 Å². The molecule has 1 amide bonds. The number of carbonyl (C=O) groups is 1. The Labute approximate surface area is 140 Å². The van der Waals surface area contributed by atoms with Gasteiger partial charge in [0.05, 0.1) is 5.56 Å². The molecule has 0 atom stereocenters. The van der Waals surface area contributed by atoms with Gasteiger partial charge in [-0.3, -0.25) is 4.79 Å². The van der Waals surface area contributed by atoms with Crippen LogP contribution in [0.1, 0.15) is 55.6 Å². The van der Waals surface area contributed by atoms with Gasteiger partial charge >= 0.3 is 0 Å². The molecule has 0 aliphatic rings. The molecule has 2 aromatic carbocycles. The van der Waals surface area contributed by atoms with Crippen LogP contribution in [-0.4, -0.2) is 5.91 Å². The Bertz CT molecular complexity index is 565. The fourth-order valence-corrected chi connectivity index (χ4v) is 1.69. The maximum absolute atomic E-state index is 11.3. The van der Waals surface area contributed by atoms with Gasteiger partial charge < -0.3 is 10.5 Å². The number of nitrogens with two attached hydrogens (primary N) is 1. The highest BCUT2D eigenvalue weighted by Gasteiger charge is 2.09. The van der Waals surface area contributed by atoms with Crippen molar-refractivity contribution in [3.05, 3.63) is 65.2 Å². The summed E-state index contributed by atoms with van der Waals surface area (Å²) in [6, 6.07) is 15.1. The second kappa shape index (κ2) is 12.3. The molecule has 0 unspecified atom stereocenters. The van der Waals surface area contributed by atoms with Gasteiger partial charge in [0, 0.05) is 0 Å². The van der Waals surface area contributed by atoms with Crippen molar-refractivity contribution in [2.75, 3.05) is 0 Å². The summed E-state index contributed by atoms with van der Waals surface area (Å²) in [7, 11) is 0. The van der Waals surface area contributed by atoms with Crippen LogP contribution in [0.2, 0.25) is 0 Å². The van der Waals surface area contributed by atoms with E-state index < -0.39 is 5.91 Å². The summed E-state index contributed by atoms with van der Waals surface area (Å²) in [6.07, 6.45) is 1.25. The van der Waals surface area contributed by atoms with E-state index in [9.17, 15) is 4.79 Å². The van der Waals surface area contributed by atoms with Crippen molar-refractivity contribution in [1.82, 2.24) is 0 Å². The number of benzene rings is 2. The summed E-state index contributed by atoms with van der Waals surface area (Å²) in [5, 5.41) is 0. The molecule has 0 radical (unpaired) electrons. The average molecular weight is 315 g/mol. The lowest BCUT2D eigenvalue weighted by atomic mass is 10.1. The minimum absolute atomic E-state index is 0.413. The van der Waals surface area contributed by atoms with E-state index in [0.717, 1.165) is 11.1 Å². The first-order valence-corrected chi connectivity index (χ1v) is 8.15. The number of hydrogen-bond donors (Lipinski definition) is 1. The molecule has 2 N–H and O–H groups in total. The first kappa shape index (κ1) is 20.7. The van der Waals surface area contributed by atoms with Crippen molar-refractivity contribution < 1.29 is 9.53 Å². The molecule has 0 saturated heterocycles. The number of rotatable bonds is 4. The standard InChI is InChI=1S/C15H15NO2.C3H8.C2H6/c1-11-7-8-13(15(16)17)14(9-11)18-10-12-5-3-2-4-6-12;1-3-2;1-2/h2-9H,10H2,1H3,(H2,16,17);3H2,1-2H3;1-2H3. The summed E-state index contributed by atoms with van der Waals surface area (Å²) in [5.41, 5.74) is 7.81. The molecule has 2 aromatic rings. The Morgan fingerprint density at radius 2 is 1.61 bits per heavy atom. The zero-order chi connectivity index (χ0) is 17.7. The molecule has 0 bridgehead atoms. The van der Waals surface area contributed by atoms with E-state index >= 15 is 0 Å². The Balaban J connectivity index is 0.000000868. The van der Waals surface area contributed by atoms with Gasteiger partial charge in [0.2, 0.25) is 0 Å². The molecule has 0 saturated carbocycles. The molecule has 0 fully saturated rings. The lowest BCUT2D eigenvalue weighted by molar-refractivity contribution is 0.0996. The van der Waals surface area contributed by atoms with E-state index in [1.165, 1.54) is 6.42 Å². The number of aryl methyl sites for hydroxylation is 1. The van der Waals surface area contributed by atoms with Gasteiger partial charge in [0.1, 0.15) is 12.4 Å². The molecule has 0 spiro atoms. The molecule has 126 valence electrons. The summed E-state index contributed by atoms with van der Waals surface area (Å²) in [5.74, 6) is 0.0596. The predicted octanol–water partition coefficient (Wildman–Crippen LogP) is 5.12. The van der Waals surface area contributed by atoms with Crippen molar-refractivity contribution in [1.29, 1.82) is 0 Å². The van der Waals surface area contributed by atoms with Gasteiger partial charge in [-0.15, -0.1) is 0 Å².